The number of amides is 1. The van der Waals surface area contributed by atoms with Gasteiger partial charge in [-0.15, -0.1) is 0 Å². The molecule has 0 radical (unpaired) electrons. The normalized spacial score (nSPS) is 13.7. The highest BCUT2D eigenvalue weighted by atomic mass is 16.4. The van der Waals surface area contributed by atoms with Crippen molar-refractivity contribution in [2.24, 2.45) is 0 Å². The van der Waals surface area contributed by atoms with E-state index in [0.717, 1.165) is 5.56 Å². The van der Waals surface area contributed by atoms with Gasteiger partial charge in [-0.1, -0.05) is 6.07 Å². The van der Waals surface area contributed by atoms with E-state index >= 15 is 0 Å². The predicted molar refractivity (Wildman–Crippen MR) is 46.7 cm³/mol. The summed E-state index contributed by atoms with van der Waals surface area (Å²) < 4.78 is 0. The van der Waals surface area contributed by atoms with Gasteiger partial charge in [-0.25, -0.2) is 0 Å². The number of hydrogen-bond donors (Lipinski definition) is 1. The minimum atomic E-state index is -0.732. The average Bonchev–Trinajstić information content (AvgIpc) is 2.42. The van der Waals surface area contributed by atoms with Crippen LogP contribution in [0.1, 0.15) is 15.9 Å². The van der Waals surface area contributed by atoms with Crippen LogP contribution in [0.4, 0.5) is 5.69 Å². The first-order valence-corrected chi connectivity index (χ1v) is 3.85. The first-order chi connectivity index (χ1) is 6.16. The number of hydrogen-bond acceptors (Lipinski definition) is 2. The molecule has 4 heteroatoms. The molecule has 0 unspecified atom stereocenters. The average molecular weight is 178 g/mol. The highest BCUT2D eigenvalue weighted by molar-refractivity contribution is 6.01. The summed E-state index contributed by atoms with van der Waals surface area (Å²) >= 11 is 0. The molecule has 4 nitrogen and oxygen atoms in total. The Labute approximate surface area is 74.2 Å². The quantitative estimate of drug-likeness (QED) is 0.617. The fourth-order valence-electron chi connectivity index (χ4n) is 1.36. The number of nitrogens with one attached hydrogen (secondary N) is 1. The van der Waals surface area contributed by atoms with Gasteiger partial charge >= 0.3 is 5.97 Å². The number of carbonyl (C=O) groups excluding carboxylic acids is 2. The number of benzene rings is 1. The Kier molecular flexibility index (Phi) is 1.55. The third-order valence-electron chi connectivity index (χ3n) is 2.00. The van der Waals surface area contributed by atoms with Crippen LogP contribution < -0.4 is 5.32 Å². The molecule has 1 amide bonds. The summed E-state index contributed by atoms with van der Waals surface area (Å²) in [6.07, 6.45) is 0.363. The van der Waals surface area contributed by atoms with Gasteiger partial charge in [0.2, 0.25) is 5.91 Å². The Balaban J connectivity index is 2.45. The lowest BCUT2D eigenvalue weighted by Crippen LogP contribution is -2.04. The van der Waals surface area contributed by atoms with Crippen molar-refractivity contribution in [1.29, 1.82) is 0 Å². The van der Waals surface area contributed by atoms with Crippen molar-refractivity contribution in [1.82, 2.24) is 0 Å². The van der Waals surface area contributed by atoms with Crippen LogP contribution in [0, 0.1) is 0 Å². The zero-order valence-corrected chi connectivity index (χ0v) is 6.76. The van der Waals surface area contributed by atoms with Crippen LogP contribution in [0.15, 0.2) is 18.2 Å². The molecular weight excluding hydrogens is 170 g/mol. The van der Waals surface area contributed by atoms with E-state index in [-0.39, 0.29) is 5.91 Å². The molecule has 0 aromatic heterocycles. The van der Waals surface area contributed by atoms with Crippen LogP contribution in [-0.4, -0.2) is 17.0 Å². The molecule has 0 spiro atoms. The molecule has 66 valence electrons. The van der Waals surface area contributed by atoms with Crippen molar-refractivity contribution in [2.45, 2.75) is 6.42 Å². The van der Waals surface area contributed by atoms with Gasteiger partial charge in [0, 0.05) is 10.5 Å². The molecule has 1 heterocycles. The lowest BCUT2D eigenvalue weighted by Gasteiger charge is -1.96. The fraction of sp³-hybridized carbons (Fsp3) is 0.111. The molecule has 0 fully saturated rings. The van der Waals surface area contributed by atoms with E-state index < -0.39 is 5.97 Å². The lowest BCUT2D eigenvalue weighted by atomic mass is 10.1. The topological polar surface area (TPSA) is 69.1 Å². The number of rotatable bonds is 1. The Hall–Kier alpha value is -1.84. The fourth-order valence-corrected chi connectivity index (χ4v) is 1.36. The molecule has 0 aliphatic carbocycles. The molecule has 1 aliphatic heterocycles. The standard InChI is InChI=1S/C9H7NO3/c11-8-4-5-1-2-6(9(12)13)3-7(5)10-8/h1-3H,4H2,(H,10,11)(H,12,13)/p+1. The van der Waals surface area contributed by atoms with E-state index in [4.69, 9.17) is 5.11 Å². The second-order valence-electron chi connectivity index (χ2n) is 2.93. The van der Waals surface area contributed by atoms with Crippen LogP contribution in [-0.2, 0) is 11.2 Å². The molecule has 0 saturated carbocycles. The van der Waals surface area contributed by atoms with E-state index in [0.29, 0.717) is 17.7 Å². The SMILES string of the molecule is O=C1Cc2ccc(C(=O)[OH2+])cc2N1. The zero-order chi connectivity index (χ0) is 9.42. The maximum Gasteiger partial charge on any atom is 0.549 e. The third kappa shape index (κ3) is 1.26. The van der Waals surface area contributed by atoms with Crippen LogP contribution in [0.2, 0.25) is 0 Å². The third-order valence-corrected chi connectivity index (χ3v) is 2.00. The van der Waals surface area contributed by atoms with Gasteiger partial charge in [0.25, 0.3) is 0 Å². The maximum atomic E-state index is 10.9. The molecule has 13 heavy (non-hydrogen) atoms. The Bertz CT molecular complexity index is 398. The molecule has 1 aliphatic rings. The predicted octanol–water partition coefficient (Wildman–Crippen LogP) is 0.0460. The minimum Gasteiger partial charge on any atom is -0.561 e. The summed E-state index contributed by atoms with van der Waals surface area (Å²) in [6.45, 7) is 0. The van der Waals surface area contributed by atoms with Crippen molar-refractivity contribution in [3.63, 3.8) is 0 Å². The lowest BCUT2D eigenvalue weighted by molar-refractivity contribution is -0.115. The van der Waals surface area contributed by atoms with Gasteiger partial charge in [-0.3, -0.25) is 4.79 Å². The van der Waals surface area contributed by atoms with Gasteiger partial charge in [0.1, 0.15) is 5.56 Å². The Morgan fingerprint density at radius 1 is 1.46 bits per heavy atom. The van der Waals surface area contributed by atoms with Crippen LogP contribution in [0.5, 0.6) is 0 Å². The van der Waals surface area contributed by atoms with E-state index in [9.17, 15) is 9.59 Å². The van der Waals surface area contributed by atoms with Gasteiger partial charge in [0.05, 0.1) is 6.42 Å². The number of fused-ring (bicyclic) bond motifs is 1. The second kappa shape index (κ2) is 2.58. The monoisotopic (exact) mass is 178 g/mol. The maximum absolute atomic E-state index is 10.9. The van der Waals surface area contributed by atoms with Crippen LogP contribution in [0.25, 0.3) is 0 Å². The summed E-state index contributed by atoms with van der Waals surface area (Å²) in [6, 6.07) is 4.80. The first kappa shape index (κ1) is 7.79. The molecule has 0 bridgehead atoms. The van der Waals surface area contributed by atoms with Crippen molar-refractivity contribution < 1.29 is 14.7 Å². The highest BCUT2D eigenvalue weighted by Crippen LogP contribution is 2.23. The van der Waals surface area contributed by atoms with Gasteiger partial charge in [-0.2, -0.15) is 0 Å². The van der Waals surface area contributed by atoms with E-state index in [2.05, 4.69) is 5.32 Å². The highest BCUT2D eigenvalue weighted by Gasteiger charge is 2.20. The molecule has 1 aromatic rings. The van der Waals surface area contributed by atoms with E-state index in [1.165, 1.54) is 6.07 Å². The Morgan fingerprint density at radius 2 is 2.23 bits per heavy atom. The van der Waals surface area contributed by atoms with Crippen LogP contribution in [0.3, 0.4) is 0 Å². The van der Waals surface area contributed by atoms with E-state index in [1.54, 1.807) is 12.1 Å². The second-order valence-corrected chi connectivity index (χ2v) is 2.93. The molecular formula is C9H8NO3+. The van der Waals surface area contributed by atoms with Gasteiger partial charge < -0.3 is 10.4 Å². The largest absolute Gasteiger partial charge is 0.561 e. The summed E-state index contributed by atoms with van der Waals surface area (Å²) in [5.41, 5.74) is 1.85. The summed E-state index contributed by atoms with van der Waals surface area (Å²) in [7, 11) is 0. The van der Waals surface area contributed by atoms with Crippen molar-refractivity contribution >= 4 is 17.6 Å². The molecule has 0 saturated heterocycles. The van der Waals surface area contributed by atoms with Gasteiger partial charge in [-0.05, 0) is 17.7 Å². The van der Waals surface area contributed by atoms with Gasteiger partial charge in [0.15, 0.2) is 0 Å². The molecule has 1 aromatic carbocycles. The molecule has 0 atom stereocenters. The molecule has 3 N–H and O–H groups in total. The van der Waals surface area contributed by atoms with Crippen molar-refractivity contribution in [3.05, 3.63) is 29.3 Å². The van der Waals surface area contributed by atoms with Crippen molar-refractivity contribution in [2.75, 3.05) is 5.32 Å². The summed E-state index contributed by atoms with van der Waals surface area (Å²) in [5.74, 6) is -0.798. The number of carbonyl (C=O) groups is 2. The Morgan fingerprint density at radius 3 is 2.92 bits per heavy atom. The first-order valence-electron chi connectivity index (χ1n) is 3.85. The summed E-state index contributed by atoms with van der Waals surface area (Å²) in [5, 5.41) is 9.50. The van der Waals surface area contributed by atoms with E-state index in [1.807, 2.05) is 0 Å². The van der Waals surface area contributed by atoms with Crippen LogP contribution >= 0.6 is 0 Å². The summed E-state index contributed by atoms with van der Waals surface area (Å²) in [4.78, 5) is 21.6. The smallest absolute Gasteiger partial charge is 0.549 e. The molecule has 2 rings (SSSR count). The van der Waals surface area contributed by atoms with Crippen molar-refractivity contribution in [3.8, 4) is 0 Å². The minimum absolute atomic E-state index is 0.0652. The number of anilines is 1. The zero-order valence-electron chi connectivity index (χ0n) is 6.76.